The van der Waals surface area contributed by atoms with Gasteiger partial charge in [-0.3, -0.25) is 0 Å². The van der Waals surface area contributed by atoms with Crippen LogP contribution in [0.2, 0.25) is 5.02 Å². The second-order valence-electron chi connectivity index (χ2n) is 5.36. The summed E-state index contributed by atoms with van der Waals surface area (Å²) in [5.74, 6) is 1.78. The third kappa shape index (κ3) is 5.99. The molecule has 0 bridgehead atoms. The van der Waals surface area contributed by atoms with Crippen molar-refractivity contribution in [2.45, 2.75) is 19.9 Å². The van der Waals surface area contributed by atoms with Crippen LogP contribution in [0.5, 0.6) is 11.5 Å². The van der Waals surface area contributed by atoms with Crippen LogP contribution in [-0.4, -0.2) is 20.8 Å². The number of ether oxygens (including phenoxy) is 2. The molecule has 2 rings (SSSR count). The predicted octanol–water partition coefficient (Wildman–Crippen LogP) is 5.02. The van der Waals surface area contributed by atoms with Gasteiger partial charge in [0.05, 0.1) is 17.8 Å². The van der Waals surface area contributed by atoms with Crippen LogP contribution < -0.4 is 14.8 Å². The lowest BCUT2D eigenvalue weighted by Crippen LogP contribution is -2.17. The van der Waals surface area contributed by atoms with Crippen molar-refractivity contribution in [2.24, 2.45) is 0 Å². The standard InChI is InChI=1S/C18H21ClINO2.ClH/c1-12-6-13(8-15(19)7-12)11-21-5-4-14-9-18(23-3)16(20)10-17(14)22-2;/h6-10,21H,4-5,11H2,1-3H3;1H. The average molecular weight is 482 g/mol. The van der Waals surface area contributed by atoms with Gasteiger partial charge in [-0.05, 0) is 83.4 Å². The third-order valence-corrected chi connectivity index (χ3v) is 4.62. The first-order valence-electron chi connectivity index (χ1n) is 7.40. The fourth-order valence-electron chi connectivity index (χ4n) is 2.49. The molecule has 24 heavy (non-hydrogen) atoms. The van der Waals surface area contributed by atoms with E-state index in [1.54, 1.807) is 14.2 Å². The van der Waals surface area contributed by atoms with Gasteiger partial charge >= 0.3 is 0 Å². The molecular weight excluding hydrogens is 460 g/mol. The van der Waals surface area contributed by atoms with Gasteiger partial charge in [0.25, 0.3) is 0 Å². The second-order valence-corrected chi connectivity index (χ2v) is 6.96. The Morgan fingerprint density at radius 1 is 1.04 bits per heavy atom. The molecule has 0 aliphatic carbocycles. The Morgan fingerprint density at radius 3 is 2.38 bits per heavy atom. The molecule has 0 atom stereocenters. The highest BCUT2D eigenvalue weighted by molar-refractivity contribution is 14.1. The molecule has 0 aliphatic heterocycles. The summed E-state index contributed by atoms with van der Waals surface area (Å²) in [5.41, 5.74) is 3.51. The summed E-state index contributed by atoms with van der Waals surface area (Å²) in [5, 5.41) is 4.23. The van der Waals surface area contributed by atoms with Crippen molar-refractivity contribution in [2.75, 3.05) is 20.8 Å². The van der Waals surface area contributed by atoms with Crippen LogP contribution in [0.3, 0.4) is 0 Å². The van der Waals surface area contributed by atoms with E-state index in [1.807, 2.05) is 24.3 Å². The van der Waals surface area contributed by atoms with Gasteiger partial charge < -0.3 is 14.8 Å². The van der Waals surface area contributed by atoms with Crippen molar-refractivity contribution in [3.63, 3.8) is 0 Å². The zero-order valence-corrected chi connectivity index (χ0v) is 17.7. The van der Waals surface area contributed by atoms with Crippen molar-refractivity contribution >= 4 is 46.6 Å². The zero-order chi connectivity index (χ0) is 16.8. The molecule has 0 aromatic heterocycles. The normalized spacial score (nSPS) is 10.2. The number of hydrogen-bond acceptors (Lipinski definition) is 3. The summed E-state index contributed by atoms with van der Waals surface area (Å²) < 4.78 is 11.9. The van der Waals surface area contributed by atoms with E-state index in [0.29, 0.717) is 0 Å². The van der Waals surface area contributed by atoms with Crippen LogP contribution >= 0.6 is 46.6 Å². The summed E-state index contributed by atoms with van der Waals surface area (Å²) in [6.07, 6.45) is 0.871. The van der Waals surface area contributed by atoms with Crippen LogP contribution in [0.4, 0.5) is 0 Å². The molecule has 0 fully saturated rings. The van der Waals surface area contributed by atoms with E-state index in [-0.39, 0.29) is 12.4 Å². The van der Waals surface area contributed by atoms with Crippen LogP contribution in [0.25, 0.3) is 0 Å². The van der Waals surface area contributed by atoms with Gasteiger partial charge in [0.1, 0.15) is 11.5 Å². The first kappa shape index (κ1) is 21.4. The number of halogens is 3. The van der Waals surface area contributed by atoms with Gasteiger partial charge in [-0.2, -0.15) is 0 Å². The SMILES string of the molecule is COc1cc(CCNCc2cc(C)cc(Cl)c2)c(OC)cc1I.Cl. The first-order chi connectivity index (χ1) is 11.0. The molecule has 0 saturated heterocycles. The maximum absolute atomic E-state index is 6.09. The third-order valence-electron chi connectivity index (χ3n) is 3.56. The second kappa shape index (κ2) is 10.3. The molecule has 2 aromatic rings. The van der Waals surface area contributed by atoms with Crippen LogP contribution in [0, 0.1) is 10.5 Å². The lowest BCUT2D eigenvalue weighted by molar-refractivity contribution is 0.396. The van der Waals surface area contributed by atoms with E-state index < -0.39 is 0 Å². The predicted molar refractivity (Wildman–Crippen MR) is 111 cm³/mol. The summed E-state index contributed by atoms with van der Waals surface area (Å²) in [6.45, 7) is 3.70. The Balaban J connectivity index is 0.00000288. The molecule has 0 saturated carbocycles. The molecule has 0 heterocycles. The highest BCUT2D eigenvalue weighted by Crippen LogP contribution is 2.30. The molecule has 6 heteroatoms. The topological polar surface area (TPSA) is 30.5 Å². The van der Waals surface area contributed by atoms with E-state index in [4.69, 9.17) is 21.1 Å². The highest BCUT2D eigenvalue weighted by atomic mass is 127. The number of aryl methyl sites for hydroxylation is 1. The Morgan fingerprint density at radius 2 is 1.75 bits per heavy atom. The minimum Gasteiger partial charge on any atom is -0.496 e. The van der Waals surface area contributed by atoms with E-state index in [1.165, 1.54) is 11.1 Å². The van der Waals surface area contributed by atoms with Crippen LogP contribution in [0.1, 0.15) is 16.7 Å². The van der Waals surface area contributed by atoms with Gasteiger partial charge in [0, 0.05) is 11.6 Å². The molecular formula is C18H22Cl2INO2. The molecule has 1 N–H and O–H groups in total. The maximum Gasteiger partial charge on any atom is 0.132 e. The molecule has 0 unspecified atom stereocenters. The van der Waals surface area contributed by atoms with E-state index >= 15 is 0 Å². The number of nitrogens with one attached hydrogen (secondary N) is 1. The van der Waals surface area contributed by atoms with E-state index in [2.05, 4.69) is 40.9 Å². The molecule has 3 nitrogen and oxygen atoms in total. The summed E-state index contributed by atoms with van der Waals surface area (Å²) in [4.78, 5) is 0. The average Bonchev–Trinajstić information content (AvgIpc) is 2.51. The van der Waals surface area contributed by atoms with Gasteiger partial charge in [0.15, 0.2) is 0 Å². The van der Waals surface area contributed by atoms with Crippen molar-refractivity contribution in [3.05, 3.63) is 55.6 Å². The number of benzene rings is 2. The van der Waals surface area contributed by atoms with Gasteiger partial charge in [0.2, 0.25) is 0 Å². The molecule has 0 amide bonds. The van der Waals surface area contributed by atoms with Crippen molar-refractivity contribution in [1.82, 2.24) is 5.32 Å². The fraction of sp³-hybridized carbons (Fsp3) is 0.333. The number of hydrogen-bond donors (Lipinski definition) is 1. The van der Waals surface area contributed by atoms with Crippen LogP contribution in [0.15, 0.2) is 30.3 Å². The maximum atomic E-state index is 6.09. The van der Waals surface area contributed by atoms with Gasteiger partial charge in [-0.15, -0.1) is 12.4 Å². The minimum absolute atomic E-state index is 0. The number of rotatable bonds is 7. The molecule has 0 aliphatic rings. The molecule has 0 radical (unpaired) electrons. The smallest absolute Gasteiger partial charge is 0.132 e. The fourth-order valence-corrected chi connectivity index (χ4v) is 3.46. The van der Waals surface area contributed by atoms with Crippen molar-refractivity contribution in [1.29, 1.82) is 0 Å². The largest absolute Gasteiger partial charge is 0.496 e. The Labute approximate surface area is 168 Å². The number of methoxy groups -OCH3 is 2. The first-order valence-corrected chi connectivity index (χ1v) is 8.86. The Bertz CT molecular complexity index is 660. The Hall–Kier alpha value is -0.690. The van der Waals surface area contributed by atoms with Gasteiger partial charge in [-0.25, -0.2) is 0 Å². The minimum atomic E-state index is 0. The highest BCUT2D eigenvalue weighted by Gasteiger charge is 2.09. The van der Waals surface area contributed by atoms with Crippen LogP contribution in [-0.2, 0) is 13.0 Å². The van der Waals surface area contributed by atoms with E-state index in [0.717, 1.165) is 45.2 Å². The van der Waals surface area contributed by atoms with Crippen molar-refractivity contribution in [3.8, 4) is 11.5 Å². The van der Waals surface area contributed by atoms with Gasteiger partial charge in [-0.1, -0.05) is 17.7 Å². The quantitative estimate of drug-likeness (QED) is 0.444. The van der Waals surface area contributed by atoms with Crippen molar-refractivity contribution < 1.29 is 9.47 Å². The van der Waals surface area contributed by atoms with E-state index in [9.17, 15) is 0 Å². The summed E-state index contributed by atoms with van der Waals surface area (Å²) in [6, 6.07) is 10.2. The summed E-state index contributed by atoms with van der Waals surface area (Å²) >= 11 is 8.34. The lowest BCUT2D eigenvalue weighted by atomic mass is 10.1. The summed E-state index contributed by atoms with van der Waals surface area (Å²) in [7, 11) is 3.39. The lowest BCUT2D eigenvalue weighted by Gasteiger charge is -2.13. The molecule has 132 valence electrons. The Kier molecular flexibility index (Phi) is 9.19. The zero-order valence-electron chi connectivity index (χ0n) is 14.0. The molecule has 0 spiro atoms. The monoisotopic (exact) mass is 481 g/mol. The molecule has 2 aromatic carbocycles.